The van der Waals surface area contributed by atoms with Crippen LogP contribution in [0.3, 0.4) is 0 Å². The van der Waals surface area contributed by atoms with Gasteiger partial charge in [-0.25, -0.2) is 8.42 Å². The van der Waals surface area contributed by atoms with Crippen molar-refractivity contribution in [3.05, 3.63) is 16.2 Å². The lowest BCUT2D eigenvalue weighted by atomic mass is 9.93. The van der Waals surface area contributed by atoms with E-state index < -0.39 is 14.8 Å². The molecule has 0 aromatic carbocycles. The summed E-state index contributed by atoms with van der Waals surface area (Å²) >= 11 is 0.886. The van der Waals surface area contributed by atoms with E-state index in [1.165, 1.54) is 0 Å². The Balaban J connectivity index is 2.22. The van der Waals surface area contributed by atoms with Crippen LogP contribution >= 0.6 is 11.3 Å². The van der Waals surface area contributed by atoms with Crippen molar-refractivity contribution in [2.45, 2.75) is 42.0 Å². The topological polar surface area (TPSA) is 110 Å². The third-order valence-corrected chi connectivity index (χ3v) is 6.14. The van der Waals surface area contributed by atoms with Gasteiger partial charge in [0.25, 0.3) is 0 Å². The Kier molecular flexibility index (Phi) is 4.31. The molecule has 2 N–H and O–H groups in total. The summed E-state index contributed by atoms with van der Waals surface area (Å²) in [6, 6.07) is 1.13. The van der Waals surface area contributed by atoms with Crippen LogP contribution in [0.4, 0.5) is 10.7 Å². The number of aliphatic hydroxyl groups is 1. The number of hydrogen-bond acceptors (Lipinski definition) is 7. The quantitative estimate of drug-likeness (QED) is 0.646. The Morgan fingerprint density at radius 1 is 1.40 bits per heavy atom. The molecule has 0 amide bonds. The molecule has 0 aliphatic heterocycles. The summed E-state index contributed by atoms with van der Waals surface area (Å²) in [6.45, 7) is 0. The number of nitro groups is 1. The van der Waals surface area contributed by atoms with Gasteiger partial charge in [0, 0.05) is 18.4 Å². The molecule has 112 valence electrons. The van der Waals surface area contributed by atoms with E-state index in [0.29, 0.717) is 25.7 Å². The Morgan fingerprint density at radius 3 is 2.50 bits per heavy atom. The van der Waals surface area contributed by atoms with Crippen LogP contribution in [-0.4, -0.2) is 36.8 Å². The number of nitrogens with one attached hydrogen (secondary N) is 1. The maximum Gasteiger partial charge on any atom is 0.304 e. The van der Waals surface area contributed by atoms with Gasteiger partial charge >= 0.3 is 5.69 Å². The van der Waals surface area contributed by atoms with E-state index in [4.69, 9.17) is 0 Å². The molecule has 1 fully saturated rings. The third kappa shape index (κ3) is 3.47. The molecule has 20 heavy (non-hydrogen) atoms. The first-order valence-electron chi connectivity index (χ1n) is 6.20. The Hall–Kier alpha value is -1.19. The molecular weight excluding hydrogens is 304 g/mol. The molecule has 0 spiro atoms. The van der Waals surface area contributed by atoms with Crippen molar-refractivity contribution in [2.75, 3.05) is 11.6 Å². The maximum absolute atomic E-state index is 11.5. The summed E-state index contributed by atoms with van der Waals surface area (Å²) < 4.78 is 23.0. The highest BCUT2D eigenvalue weighted by Crippen LogP contribution is 2.38. The summed E-state index contributed by atoms with van der Waals surface area (Å²) in [5, 5.41) is 23.7. The van der Waals surface area contributed by atoms with Crippen LogP contribution in [-0.2, 0) is 9.84 Å². The van der Waals surface area contributed by atoms with Crippen LogP contribution in [0.1, 0.15) is 25.7 Å². The maximum atomic E-state index is 11.5. The average molecular weight is 320 g/mol. The molecule has 0 bridgehead atoms. The summed E-state index contributed by atoms with van der Waals surface area (Å²) in [6.07, 6.45) is 3.45. The highest BCUT2D eigenvalue weighted by Gasteiger charge is 2.27. The molecule has 7 nitrogen and oxygen atoms in total. The van der Waals surface area contributed by atoms with E-state index >= 15 is 0 Å². The van der Waals surface area contributed by atoms with Gasteiger partial charge in [-0.1, -0.05) is 11.3 Å². The first-order valence-corrected chi connectivity index (χ1v) is 8.91. The second-order valence-corrected chi connectivity index (χ2v) is 8.25. The molecule has 1 aromatic heterocycles. The lowest BCUT2D eigenvalue weighted by Crippen LogP contribution is -2.28. The van der Waals surface area contributed by atoms with Crippen molar-refractivity contribution >= 4 is 31.9 Å². The van der Waals surface area contributed by atoms with Gasteiger partial charge in [-0.3, -0.25) is 10.1 Å². The monoisotopic (exact) mass is 320 g/mol. The molecule has 0 saturated heterocycles. The molecule has 1 saturated carbocycles. The number of nitrogens with zero attached hydrogens (tertiary/aromatic N) is 1. The minimum atomic E-state index is -3.45. The fourth-order valence-corrected chi connectivity index (χ4v) is 4.20. The van der Waals surface area contributed by atoms with Crippen LogP contribution in [0.5, 0.6) is 0 Å². The van der Waals surface area contributed by atoms with E-state index in [1.807, 2.05) is 0 Å². The Bertz CT molecular complexity index is 602. The molecule has 2 rings (SSSR count). The van der Waals surface area contributed by atoms with Crippen molar-refractivity contribution in [3.63, 3.8) is 0 Å². The molecule has 0 atom stereocenters. The van der Waals surface area contributed by atoms with E-state index in [9.17, 15) is 23.6 Å². The fraction of sp³-hybridized carbons (Fsp3) is 0.636. The first-order chi connectivity index (χ1) is 9.27. The predicted molar refractivity (Wildman–Crippen MR) is 76.0 cm³/mol. The van der Waals surface area contributed by atoms with E-state index in [2.05, 4.69) is 5.32 Å². The summed E-state index contributed by atoms with van der Waals surface area (Å²) in [7, 11) is -3.45. The smallest absolute Gasteiger partial charge is 0.304 e. The minimum Gasteiger partial charge on any atom is -0.393 e. The van der Waals surface area contributed by atoms with Gasteiger partial charge in [-0.15, -0.1) is 0 Å². The number of aliphatic hydroxyl groups excluding tert-OH is 1. The molecule has 1 heterocycles. The van der Waals surface area contributed by atoms with Crippen LogP contribution in [0, 0.1) is 10.1 Å². The molecule has 0 unspecified atom stereocenters. The van der Waals surface area contributed by atoms with Crippen LogP contribution in [0.15, 0.2) is 10.3 Å². The second-order valence-electron chi connectivity index (χ2n) is 4.96. The zero-order chi connectivity index (χ0) is 14.9. The largest absolute Gasteiger partial charge is 0.393 e. The van der Waals surface area contributed by atoms with Crippen molar-refractivity contribution in [1.82, 2.24) is 0 Å². The van der Waals surface area contributed by atoms with Crippen molar-refractivity contribution in [2.24, 2.45) is 0 Å². The number of hydrogen-bond donors (Lipinski definition) is 2. The summed E-state index contributed by atoms with van der Waals surface area (Å²) in [5.41, 5.74) is -0.207. The van der Waals surface area contributed by atoms with Gasteiger partial charge in [0.2, 0.25) is 0 Å². The number of anilines is 1. The lowest BCUT2D eigenvalue weighted by molar-refractivity contribution is -0.383. The minimum absolute atomic E-state index is 0.0115. The van der Waals surface area contributed by atoms with Crippen molar-refractivity contribution < 1.29 is 18.4 Å². The van der Waals surface area contributed by atoms with Gasteiger partial charge in [-0.05, 0) is 25.7 Å². The zero-order valence-corrected chi connectivity index (χ0v) is 12.5. The standard InChI is InChI=1S/C11H16N2O5S2/c1-20(17,18)10-6-9(13(15)16)11(19-10)12-7-2-4-8(14)5-3-7/h6-8,12,14H,2-5H2,1H3. The van der Waals surface area contributed by atoms with E-state index in [1.54, 1.807) is 0 Å². The number of thiophene rings is 1. The van der Waals surface area contributed by atoms with E-state index in [-0.39, 0.29) is 27.0 Å². The van der Waals surface area contributed by atoms with Gasteiger partial charge < -0.3 is 10.4 Å². The summed E-state index contributed by atoms with van der Waals surface area (Å²) in [5.74, 6) is 0. The van der Waals surface area contributed by atoms with E-state index in [0.717, 1.165) is 23.7 Å². The zero-order valence-electron chi connectivity index (χ0n) is 10.9. The van der Waals surface area contributed by atoms with Crippen molar-refractivity contribution in [3.8, 4) is 0 Å². The Labute approximate surface area is 120 Å². The number of sulfone groups is 1. The molecule has 1 aromatic rings. The molecule has 1 aliphatic carbocycles. The molecule has 9 heteroatoms. The fourth-order valence-electron chi connectivity index (χ4n) is 2.19. The van der Waals surface area contributed by atoms with Gasteiger partial charge in [0.05, 0.1) is 11.0 Å². The van der Waals surface area contributed by atoms with Crippen LogP contribution in [0.25, 0.3) is 0 Å². The number of rotatable bonds is 4. The normalized spacial score (nSPS) is 23.5. The third-order valence-electron chi connectivity index (χ3n) is 3.28. The molecule has 1 aliphatic rings. The van der Waals surface area contributed by atoms with Crippen molar-refractivity contribution in [1.29, 1.82) is 0 Å². The first kappa shape index (κ1) is 15.2. The second kappa shape index (κ2) is 5.66. The lowest BCUT2D eigenvalue weighted by Gasteiger charge is -2.26. The van der Waals surface area contributed by atoms with Gasteiger partial charge in [0.1, 0.15) is 4.21 Å². The highest BCUT2D eigenvalue weighted by molar-refractivity contribution is 7.92. The van der Waals surface area contributed by atoms with Crippen LogP contribution < -0.4 is 5.32 Å². The van der Waals surface area contributed by atoms with Gasteiger partial charge in [0.15, 0.2) is 14.8 Å². The highest BCUT2D eigenvalue weighted by atomic mass is 32.2. The molecule has 0 radical (unpaired) electrons. The Morgan fingerprint density at radius 2 is 2.00 bits per heavy atom. The predicted octanol–water partition coefficient (Wildman–Crippen LogP) is 1.78. The van der Waals surface area contributed by atoms with Crippen LogP contribution in [0.2, 0.25) is 0 Å². The van der Waals surface area contributed by atoms with Gasteiger partial charge in [-0.2, -0.15) is 0 Å². The molecular formula is C11H16N2O5S2. The SMILES string of the molecule is CS(=O)(=O)c1cc([N+](=O)[O-])c(NC2CCC(O)CC2)s1. The average Bonchev–Trinajstić information content (AvgIpc) is 2.76. The summed E-state index contributed by atoms with van der Waals surface area (Å²) in [4.78, 5) is 10.4.